The minimum atomic E-state index is -3.63. The molecule has 0 heterocycles. The van der Waals surface area contributed by atoms with E-state index < -0.39 is 9.24 Å². The maximum Gasteiger partial charge on any atom is 0.339 e. The van der Waals surface area contributed by atoms with E-state index in [1.54, 1.807) is 0 Å². The monoisotopic (exact) mass is 141 g/mol. The summed E-state index contributed by atoms with van der Waals surface area (Å²) < 4.78 is 22.5. The Morgan fingerprint density at radius 2 is 2.14 bits per heavy atom. The van der Waals surface area contributed by atoms with Gasteiger partial charge in [-0.1, -0.05) is 0 Å². The van der Waals surface area contributed by atoms with E-state index in [4.69, 9.17) is 0 Å². The normalized spacial score (nSPS) is 12.9. The van der Waals surface area contributed by atoms with E-state index in [0.29, 0.717) is 0 Å². The van der Waals surface area contributed by atoms with Crippen LogP contribution in [0.25, 0.3) is 0 Å². The van der Waals surface area contributed by atoms with Gasteiger partial charge in [0.2, 0.25) is 0 Å². The van der Waals surface area contributed by atoms with Crippen LogP contribution in [0.1, 0.15) is 6.92 Å². The molecule has 0 unspecified atom stereocenters. The molecule has 0 aromatic rings. The first-order valence-corrected chi connectivity index (χ1v) is 3.77. The van der Waals surface area contributed by atoms with Gasteiger partial charge in [-0.05, 0) is 6.92 Å². The van der Waals surface area contributed by atoms with Crippen molar-refractivity contribution in [3.8, 4) is 0 Å². The van der Waals surface area contributed by atoms with E-state index in [-0.39, 0.29) is 0 Å². The molecule has 0 amide bonds. The molecule has 0 rings (SSSR count). The highest BCUT2D eigenvalue weighted by Crippen LogP contribution is 1.94. The van der Waals surface area contributed by atoms with Gasteiger partial charge in [-0.2, -0.15) is 12.8 Å². The van der Waals surface area contributed by atoms with Crippen molar-refractivity contribution in [1.29, 1.82) is 0 Å². The molecule has 0 spiro atoms. The zero-order chi connectivity index (χ0) is 5.91. The molecule has 0 aliphatic carbocycles. The van der Waals surface area contributed by atoms with Gasteiger partial charge in [-0.25, -0.2) is 0 Å². The highest BCUT2D eigenvalue weighted by Gasteiger charge is 1.93. The van der Waals surface area contributed by atoms with Crippen LogP contribution in [0.5, 0.6) is 0 Å². The van der Waals surface area contributed by atoms with Gasteiger partial charge in [0.25, 0.3) is 0 Å². The third kappa shape index (κ3) is 5.91. The topological polar surface area (TPSA) is 46.5 Å². The summed E-state index contributed by atoms with van der Waals surface area (Å²) in [5, 5.41) is 0. The van der Waals surface area contributed by atoms with Crippen LogP contribution >= 0.6 is 10.7 Å². The predicted molar refractivity (Wildman–Crippen MR) is 28.9 cm³/mol. The highest BCUT2D eigenvalue weighted by molar-refractivity contribution is 8.12. The average molecular weight is 142 g/mol. The Kier molecular flexibility index (Phi) is 2.25. The fraction of sp³-hybridized carbons (Fsp3) is 0.500. The fourth-order valence-electron chi connectivity index (χ4n) is 0.126. The van der Waals surface area contributed by atoms with Crippen molar-refractivity contribution in [2.75, 3.05) is 0 Å². The van der Waals surface area contributed by atoms with Gasteiger partial charge >= 0.3 is 9.24 Å². The Hall–Kier alpha value is -0.0900. The van der Waals surface area contributed by atoms with Crippen LogP contribution in [-0.4, -0.2) is 14.6 Å². The highest BCUT2D eigenvalue weighted by atomic mass is 35.7. The zero-order valence-corrected chi connectivity index (χ0v) is 5.20. The summed E-state index contributed by atoms with van der Waals surface area (Å²) in [5.74, 6) is 0. The molecule has 3 nitrogen and oxygen atoms in total. The van der Waals surface area contributed by atoms with Crippen molar-refractivity contribution in [1.82, 2.24) is 0 Å². The zero-order valence-electron chi connectivity index (χ0n) is 3.63. The summed E-state index contributed by atoms with van der Waals surface area (Å²) >= 11 is 0. The first-order chi connectivity index (χ1) is 3.06. The maximum atomic E-state index is 9.80. The molecule has 0 aromatic carbocycles. The molecule has 0 N–H and O–H groups in total. The third-order valence-corrected chi connectivity index (χ3v) is 0.933. The predicted octanol–water partition coefficient (Wildman–Crippen LogP) is 0.561. The van der Waals surface area contributed by atoms with E-state index in [1.807, 2.05) is 0 Å². The van der Waals surface area contributed by atoms with E-state index in [2.05, 4.69) is 15.1 Å². The van der Waals surface area contributed by atoms with Crippen LogP contribution in [0.15, 0.2) is 4.40 Å². The van der Waals surface area contributed by atoms with Gasteiger partial charge in [0.1, 0.15) is 0 Å². The van der Waals surface area contributed by atoms with Crippen LogP contribution in [0, 0.1) is 0 Å². The lowest BCUT2D eigenvalue weighted by molar-refractivity contribution is 0.611. The van der Waals surface area contributed by atoms with Crippen LogP contribution in [-0.2, 0) is 9.24 Å². The Labute approximate surface area is 46.6 Å². The number of hydrogen-bond acceptors (Lipinski definition) is 2. The second-order valence-electron chi connectivity index (χ2n) is 0.776. The molecule has 0 radical (unpaired) electrons. The van der Waals surface area contributed by atoms with Gasteiger partial charge < -0.3 is 0 Å². The number of halogens is 1. The Morgan fingerprint density at radius 1 is 1.71 bits per heavy atom. The summed E-state index contributed by atoms with van der Waals surface area (Å²) in [4.78, 5) is 0. The SMILES string of the molecule is C/C=N/S(=O)(=O)Cl. The molecular formula is C2H4ClNO2S. The van der Waals surface area contributed by atoms with E-state index in [0.717, 1.165) is 6.21 Å². The van der Waals surface area contributed by atoms with Gasteiger partial charge in [-0.3, -0.25) is 0 Å². The molecular weight excluding hydrogens is 138 g/mol. The minimum absolute atomic E-state index is 1.11. The lowest BCUT2D eigenvalue weighted by Crippen LogP contribution is -1.78. The summed E-state index contributed by atoms with van der Waals surface area (Å²) in [6.45, 7) is 1.47. The molecule has 0 aliphatic heterocycles. The Balaban J connectivity index is 4.13. The number of rotatable bonds is 1. The summed E-state index contributed by atoms with van der Waals surface area (Å²) in [5.41, 5.74) is 0. The third-order valence-electron chi connectivity index (χ3n) is 0.231. The standard InChI is InChI=1S/C2H4ClNO2S/c1-2-4-7(3,5)6/h2H,1H3/b4-2+. The molecule has 42 valence electrons. The average Bonchev–Trinajstić information content (AvgIpc) is 1.30. The second-order valence-corrected chi connectivity index (χ2v) is 2.98. The smallest absolute Gasteiger partial charge is 0.187 e. The number of hydrogen-bond donors (Lipinski definition) is 0. The molecule has 0 saturated carbocycles. The summed E-state index contributed by atoms with van der Waals surface area (Å²) in [7, 11) is 0.975. The minimum Gasteiger partial charge on any atom is -0.187 e. The van der Waals surface area contributed by atoms with Gasteiger partial charge in [-0.15, -0.1) is 0 Å². The van der Waals surface area contributed by atoms with E-state index >= 15 is 0 Å². The maximum absolute atomic E-state index is 9.80. The lowest BCUT2D eigenvalue weighted by Gasteiger charge is -1.74. The quantitative estimate of drug-likeness (QED) is 0.396. The fourth-order valence-corrected chi connectivity index (χ4v) is 0.617. The van der Waals surface area contributed by atoms with Crippen LogP contribution in [0.4, 0.5) is 0 Å². The largest absolute Gasteiger partial charge is 0.339 e. The van der Waals surface area contributed by atoms with Crippen molar-refractivity contribution >= 4 is 26.1 Å². The van der Waals surface area contributed by atoms with Crippen molar-refractivity contribution < 1.29 is 8.42 Å². The molecule has 0 bridgehead atoms. The van der Waals surface area contributed by atoms with Crippen molar-refractivity contribution in [2.45, 2.75) is 6.92 Å². The number of nitrogens with zero attached hydrogens (tertiary/aromatic N) is 1. The van der Waals surface area contributed by atoms with Crippen LogP contribution in [0.3, 0.4) is 0 Å². The molecule has 5 heteroatoms. The van der Waals surface area contributed by atoms with Crippen molar-refractivity contribution in [2.24, 2.45) is 4.40 Å². The molecule has 7 heavy (non-hydrogen) atoms. The lowest BCUT2D eigenvalue weighted by atomic mass is 10.9. The van der Waals surface area contributed by atoms with Crippen molar-refractivity contribution in [3.05, 3.63) is 0 Å². The molecule has 0 atom stereocenters. The second kappa shape index (κ2) is 2.28. The molecule has 0 fully saturated rings. The van der Waals surface area contributed by atoms with Gasteiger partial charge in [0, 0.05) is 16.9 Å². The Bertz CT molecular complexity index is 159. The van der Waals surface area contributed by atoms with Crippen LogP contribution in [0.2, 0.25) is 0 Å². The van der Waals surface area contributed by atoms with Crippen molar-refractivity contribution in [3.63, 3.8) is 0 Å². The van der Waals surface area contributed by atoms with E-state index in [1.165, 1.54) is 6.92 Å². The first kappa shape index (κ1) is 6.91. The molecule has 0 aromatic heterocycles. The van der Waals surface area contributed by atoms with Crippen LogP contribution < -0.4 is 0 Å². The molecule has 0 saturated heterocycles. The van der Waals surface area contributed by atoms with Gasteiger partial charge in [0.15, 0.2) is 0 Å². The summed E-state index contributed by atoms with van der Waals surface area (Å²) in [6, 6.07) is 0. The van der Waals surface area contributed by atoms with E-state index in [9.17, 15) is 8.42 Å². The Morgan fingerprint density at radius 3 is 2.14 bits per heavy atom. The summed E-state index contributed by atoms with van der Waals surface area (Å²) in [6.07, 6.45) is 1.11. The molecule has 0 aliphatic rings. The van der Waals surface area contributed by atoms with Gasteiger partial charge in [0.05, 0.1) is 0 Å². The first-order valence-electron chi connectivity index (χ1n) is 1.51.